The number of hydrogen-bond donors (Lipinski definition) is 1. The standard InChI is InChI=1S/C17H14FN3O3S/c1-9-6-10(18)2-3-11(9)12-7-14(20-8-13(12)15(19)22)21-4-5-25-17(24)16(21)23/h2-3,6-8H,4-5H2,1H3,(H2,19,22). The molecule has 2 aromatic rings. The molecule has 1 aliphatic rings. The maximum atomic E-state index is 13.4. The van der Waals surface area contributed by atoms with Crippen molar-refractivity contribution in [1.29, 1.82) is 0 Å². The molecule has 1 fully saturated rings. The van der Waals surface area contributed by atoms with E-state index in [1.165, 1.54) is 35.4 Å². The van der Waals surface area contributed by atoms with E-state index in [2.05, 4.69) is 4.98 Å². The van der Waals surface area contributed by atoms with Gasteiger partial charge in [0.2, 0.25) is 0 Å². The van der Waals surface area contributed by atoms with Gasteiger partial charge in [-0.05, 0) is 41.8 Å². The van der Waals surface area contributed by atoms with E-state index in [0.29, 0.717) is 29.0 Å². The molecule has 0 aliphatic carbocycles. The van der Waals surface area contributed by atoms with Gasteiger partial charge < -0.3 is 5.73 Å². The molecule has 0 atom stereocenters. The molecule has 1 aliphatic heterocycles. The van der Waals surface area contributed by atoms with Crippen molar-refractivity contribution in [3.8, 4) is 11.1 Å². The minimum atomic E-state index is -0.686. The summed E-state index contributed by atoms with van der Waals surface area (Å²) in [5.74, 6) is -1.02. The van der Waals surface area contributed by atoms with E-state index < -0.39 is 22.7 Å². The van der Waals surface area contributed by atoms with Crippen molar-refractivity contribution in [2.75, 3.05) is 17.2 Å². The third-order valence-corrected chi connectivity index (χ3v) is 4.70. The van der Waals surface area contributed by atoms with Gasteiger partial charge in [-0.3, -0.25) is 19.3 Å². The van der Waals surface area contributed by atoms with E-state index in [4.69, 9.17) is 5.73 Å². The van der Waals surface area contributed by atoms with Crippen LogP contribution in [0.2, 0.25) is 0 Å². The Morgan fingerprint density at radius 1 is 1.28 bits per heavy atom. The zero-order valence-corrected chi connectivity index (χ0v) is 14.1. The Hall–Kier alpha value is -2.74. The van der Waals surface area contributed by atoms with Crippen LogP contribution in [0.4, 0.5) is 10.2 Å². The SMILES string of the molecule is Cc1cc(F)ccc1-c1cc(N2CCSC(=O)C2=O)ncc1C(N)=O. The first-order valence-corrected chi connectivity index (χ1v) is 8.42. The lowest BCUT2D eigenvalue weighted by Gasteiger charge is -2.25. The first kappa shape index (κ1) is 17.1. The molecule has 0 saturated carbocycles. The van der Waals surface area contributed by atoms with Crippen LogP contribution in [-0.2, 0) is 9.59 Å². The minimum Gasteiger partial charge on any atom is -0.366 e. The molecule has 1 aromatic carbocycles. The van der Waals surface area contributed by atoms with E-state index in [1.807, 2.05) is 0 Å². The predicted molar refractivity (Wildman–Crippen MR) is 92.7 cm³/mol. The van der Waals surface area contributed by atoms with Crippen molar-refractivity contribution in [3.05, 3.63) is 47.4 Å². The molecule has 25 heavy (non-hydrogen) atoms. The number of nitrogens with two attached hydrogens (primary N) is 1. The number of primary amides is 1. The number of aryl methyl sites for hydroxylation is 1. The van der Waals surface area contributed by atoms with Gasteiger partial charge >= 0.3 is 5.91 Å². The summed E-state index contributed by atoms with van der Waals surface area (Å²) in [7, 11) is 0. The van der Waals surface area contributed by atoms with Crippen LogP contribution < -0.4 is 10.6 Å². The Balaban J connectivity index is 2.14. The number of pyridine rings is 1. The van der Waals surface area contributed by atoms with Crippen LogP contribution in [0.25, 0.3) is 11.1 Å². The third kappa shape index (κ3) is 3.25. The fraction of sp³-hybridized carbons (Fsp3) is 0.176. The number of benzene rings is 1. The van der Waals surface area contributed by atoms with Crippen LogP contribution in [-0.4, -0.2) is 34.2 Å². The van der Waals surface area contributed by atoms with E-state index >= 15 is 0 Å². The van der Waals surface area contributed by atoms with Gasteiger partial charge in [0, 0.05) is 18.5 Å². The number of rotatable bonds is 3. The summed E-state index contributed by atoms with van der Waals surface area (Å²) in [6.07, 6.45) is 1.27. The van der Waals surface area contributed by atoms with Gasteiger partial charge in [-0.15, -0.1) is 0 Å². The fourth-order valence-corrected chi connectivity index (χ4v) is 3.36. The molecule has 2 amide bonds. The number of halogens is 1. The van der Waals surface area contributed by atoms with Crippen LogP contribution in [0.3, 0.4) is 0 Å². The Kier molecular flexibility index (Phi) is 4.54. The molecular weight excluding hydrogens is 345 g/mol. The second-order valence-electron chi connectivity index (χ2n) is 5.50. The highest BCUT2D eigenvalue weighted by molar-refractivity contribution is 8.15. The number of hydrogen-bond acceptors (Lipinski definition) is 5. The van der Waals surface area contributed by atoms with Crippen molar-refractivity contribution in [2.24, 2.45) is 5.73 Å². The fourth-order valence-electron chi connectivity index (χ4n) is 2.66. The second kappa shape index (κ2) is 6.64. The molecule has 0 unspecified atom stereocenters. The average Bonchev–Trinajstić information content (AvgIpc) is 2.57. The molecule has 3 rings (SSSR count). The summed E-state index contributed by atoms with van der Waals surface area (Å²) in [5.41, 5.74) is 7.22. The molecule has 1 saturated heterocycles. The van der Waals surface area contributed by atoms with Crippen LogP contribution in [0.15, 0.2) is 30.5 Å². The monoisotopic (exact) mass is 359 g/mol. The summed E-state index contributed by atoms with van der Waals surface area (Å²) in [5, 5.41) is -0.549. The molecule has 128 valence electrons. The Labute approximate surface area is 147 Å². The molecule has 0 radical (unpaired) electrons. The Morgan fingerprint density at radius 3 is 2.72 bits per heavy atom. The maximum Gasteiger partial charge on any atom is 0.306 e. The highest BCUT2D eigenvalue weighted by Crippen LogP contribution is 2.31. The van der Waals surface area contributed by atoms with Gasteiger partial charge in [-0.1, -0.05) is 17.8 Å². The number of aromatic nitrogens is 1. The first-order chi connectivity index (χ1) is 11.9. The van der Waals surface area contributed by atoms with Gasteiger partial charge in [-0.25, -0.2) is 9.37 Å². The number of thioether (sulfide) groups is 1. The molecule has 2 heterocycles. The normalized spacial score (nSPS) is 14.7. The minimum absolute atomic E-state index is 0.156. The largest absolute Gasteiger partial charge is 0.366 e. The molecule has 6 nitrogen and oxygen atoms in total. The zero-order chi connectivity index (χ0) is 18.1. The topological polar surface area (TPSA) is 93.4 Å². The highest BCUT2D eigenvalue weighted by atomic mass is 32.2. The van der Waals surface area contributed by atoms with Crippen LogP contribution in [0.5, 0.6) is 0 Å². The summed E-state index contributed by atoms with van der Waals surface area (Å²) < 4.78 is 13.4. The number of amides is 2. The van der Waals surface area contributed by atoms with E-state index in [9.17, 15) is 18.8 Å². The number of nitrogens with zero attached hydrogens (tertiary/aromatic N) is 2. The summed E-state index contributed by atoms with van der Waals surface area (Å²) >= 11 is 0.964. The lowest BCUT2D eigenvalue weighted by Crippen LogP contribution is -2.41. The molecular formula is C17H14FN3O3S. The van der Waals surface area contributed by atoms with E-state index in [0.717, 1.165) is 11.8 Å². The van der Waals surface area contributed by atoms with Gasteiger partial charge in [0.15, 0.2) is 0 Å². The van der Waals surface area contributed by atoms with Crippen molar-refractivity contribution in [3.63, 3.8) is 0 Å². The van der Waals surface area contributed by atoms with Crippen molar-refractivity contribution < 1.29 is 18.8 Å². The molecule has 0 spiro atoms. The maximum absolute atomic E-state index is 13.4. The van der Waals surface area contributed by atoms with Crippen LogP contribution in [0.1, 0.15) is 15.9 Å². The van der Waals surface area contributed by atoms with Crippen LogP contribution in [0, 0.1) is 12.7 Å². The highest BCUT2D eigenvalue weighted by Gasteiger charge is 2.29. The quantitative estimate of drug-likeness (QED) is 0.845. The van der Waals surface area contributed by atoms with Crippen molar-refractivity contribution in [1.82, 2.24) is 4.98 Å². The lowest BCUT2D eigenvalue weighted by atomic mass is 9.96. The molecule has 2 N–H and O–H groups in total. The zero-order valence-electron chi connectivity index (χ0n) is 13.3. The summed E-state index contributed by atoms with van der Waals surface area (Å²) in [6.45, 7) is 2.04. The van der Waals surface area contributed by atoms with Crippen molar-refractivity contribution in [2.45, 2.75) is 6.92 Å². The van der Waals surface area contributed by atoms with Gasteiger partial charge in [0.05, 0.1) is 5.56 Å². The van der Waals surface area contributed by atoms with E-state index in [-0.39, 0.29) is 11.4 Å². The summed E-state index contributed by atoms with van der Waals surface area (Å²) in [6, 6.07) is 5.68. The number of carbonyl (C=O) groups is 3. The average molecular weight is 359 g/mol. The van der Waals surface area contributed by atoms with Crippen LogP contribution >= 0.6 is 11.8 Å². The van der Waals surface area contributed by atoms with Gasteiger partial charge in [-0.2, -0.15) is 0 Å². The first-order valence-electron chi connectivity index (χ1n) is 7.43. The lowest BCUT2D eigenvalue weighted by molar-refractivity contribution is -0.131. The number of anilines is 1. The molecule has 1 aromatic heterocycles. The second-order valence-corrected chi connectivity index (χ2v) is 6.57. The van der Waals surface area contributed by atoms with Crippen molar-refractivity contribution >= 4 is 34.5 Å². The molecule has 8 heteroatoms. The number of carbonyl (C=O) groups excluding carboxylic acids is 3. The Bertz CT molecular complexity index is 901. The van der Waals surface area contributed by atoms with Gasteiger partial charge in [0.25, 0.3) is 11.0 Å². The van der Waals surface area contributed by atoms with Gasteiger partial charge in [0.1, 0.15) is 11.6 Å². The third-order valence-electron chi connectivity index (χ3n) is 3.88. The Morgan fingerprint density at radius 2 is 2.04 bits per heavy atom. The summed E-state index contributed by atoms with van der Waals surface area (Å²) in [4.78, 5) is 40.8. The molecule has 0 bridgehead atoms. The predicted octanol–water partition coefficient (Wildman–Crippen LogP) is 1.90. The van der Waals surface area contributed by atoms with E-state index in [1.54, 1.807) is 6.92 Å². The smallest absolute Gasteiger partial charge is 0.306 e.